The van der Waals surface area contributed by atoms with E-state index in [0.29, 0.717) is 5.56 Å². The second kappa shape index (κ2) is 10.6. The van der Waals surface area contributed by atoms with Gasteiger partial charge in [0, 0.05) is 12.5 Å². The standard InChI is InChI=1S/C7H5N.C7H8O.C2H6O2S/c2*8-6-7-4-2-1-3-5-7;1-5(2,3)4/h1-5H;1-5,8H,6H2;1-2H3. The highest BCUT2D eigenvalue weighted by Crippen LogP contribution is 1.95. The van der Waals surface area contributed by atoms with Crippen molar-refractivity contribution >= 4 is 9.84 Å². The van der Waals surface area contributed by atoms with Gasteiger partial charge in [0.25, 0.3) is 0 Å². The van der Waals surface area contributed by atoms with Crippen LogP contribution in [0.25, 0.3) is 0 Å². The molecule has 0 unspecified atom stereocenters. The zero-order chi connectivity index (χ0) is 16.1. The summed E-state index contributed by atoms with van der Waals surface area (Å²) in [6.45, 7) is 0.140. The Kier molecular flexibility index (Phi) is 9.52. The summed E-state index contributed by atoms with van der Waals surface area (Å²) >= 11 is 0. The van der Waals surface area contributed by atoms with E-state index in [9.17, 15) is 8.42 Å². The molecule has 2 aromatic carbocycles. The Morgan fingerprint density at radius 2 is 1.33 bits per heavy atom. The molecular weight excluding hydrogens is 286 g/mol. The first kappa shape index (κ1) is 18.8. The molecule has 2 rings (SSSR count). The van der Waals surface area contributed by atoms with Crippen molar-refractivity contribution in [3.05, 3.63) is 71.8 Å². The fraction of sp³-hybridized carbons (Fsp3) is 0.188. The van der Waals surface area contributed by atoms with Gasteiger partial charge in [0.15, 0.2) is 0 Å². The van der Waals surface area contributed by atoms with Crippen molar-refractivity contribution < 1.29 is 13.5 Å². The number of benzene rings is 2. The predicted octanol–water partition coefficient (Wildman–Crippen LogP) is 2.40. The fourth-order valence-electron chi connectivity index (χ4n) is 1.10. The largest absolute Gasteiger partial charge is 0.392 e. The first-order valence-electron chi connectivity index (χ1n) is 6.11. The number of nitrogens with zero attached hydrogens (tertiary/aromatic N) is 1. The predicted molar refractivity (Wildman–Crippen MR) is 84.3 cm³/mol. The van der Waals surface area contributed by atoms with Crippen LogP contribution in [0.1, 0.15) is 11.1 Å². The lowest BCUT2D eigenvalue weighted by Crippen LogP contribution is -1.86. The first-order chi connectivity index (χ1) is 9.86. The van der Waals surface area contributed by atoms with Crippen molar-refractivity contribution in [2.45, 2.75) is 6.61 Å². The summed E-state index contributed by atoms with van der Waals surface area (Å²) in [6, 6.07) is 20.7. The molecule has 4 nitrogen and oxygen atoms in total. The van der Waals surface area contributed by atoms with Crippen LogP contribution in [0.5, 0.6) is 0 Å². The molecule has 0 bridgehead atoms. The number of rotatable bonds is 1. The van der Waals surface area contributed by atoms with Gasteiger partial charge < -0.3 is 5.11 Å². The smallest absolute Gasteiger partial charge is 0.144 e. The maximum Gasteiger partial charge on any atom is 0.144 e. The maximum atomic E-state index is 9.63. The van der Waals surface area contributed by atoms with Crippen molar-refractivity contribution in [3.8, 4) is 6.07 Å². The molecule has 21 heavy (non-hydrogen) atoms. The lowest BCUT2D eigenvalue weighted by atomic mass is 10.2. The third-order valence-corrected chi connectivity index (χ3v) is 1.93. The molecule has 0 radical (unpaired) electrons. The van der Waals surface area contributed by atoms with E-state index in [4.69, 9.17) is 10.4 Å². The van der Waals surface area contributed by atoms with Crippen molar-refractivity contribution in [2.24, 2.45) is 0 Å². The first-order valence-corrected chi connectivity index (χ1v) is 8.41. The van der Waals surface area contributed by atoms with E-state index in [0.717, 1.165) is 18.1 Å². The van der Waals surface area contributed by atoms with E-state index in [1.165, 1.54) is 0 Å². The Morgan fingerprint density at radius 3 is 1.57 bits per heavy atom. The van der Waals surface area contributed by atoms with Crippen molar-refractivity contribution in [3.63, 3.8) is 0 Å². The molecule has 0 aliphatic heterocycles. The number of hydrogen-bond donors (Lipinski definition) is 1. The third kappa shape index (κ3) is 14.1. The second-order valence-corrected chi connectivity index (χ2v) is 6.55. The number of sulfone groups is 1. The summed E-state index contributed by atoms with van der Waals surface area (Å²) in [4.78, 5) is 0. The zero-order valence-electron chi connectivity index (χ0n) is 12.1. The van der Waals surface area contributed by atoms with E-state index in [-0.39, 0.29) is 6.61 Å². The molecular formula is C16H19NO3S. The van der Waals surface area contributed by atoms with Gasteiger partial charge in [-0.2, -0.15) is 5.26 Å². The van der Waals surface area contributed by atoms with Crippen molar-refractivity contribution in [2.75, 3.05) is 12.5 Å². The van der Waals surface area contributed by atoms with Gasteiger partial charge in [-0.25, -0.2) is 8.42 Å². The molecule has 0 aliphatic rings. The van der Waals surface area contributed by atoms with Gasteiger partial charge in [0.05, 0.1) is 18.2 Å². The Labute approximate surface area is 126 Å². The molecule has 112 valence electrons. The molecule has 0 saturated carbocycles. The molecule has 2 aromatic rings. The molecule has 0 saturated heterocycles. The molecule has 0 atom stereocenters. The van der Waals surface area contributed by atoms with Gasteiger partial charge in [-0.15, -0.1) is 0 Å². The molecule has 1 N–H and O–H groups in total. The highest BCUT2D eigenvalue weighted by molar-refractivity contribution is 7.89. The fourth-order valence-corrected chi connectivity index (χ4v) is 1.10. The Morgan fingerprint density at radius 1 is 0.952 bits per heavy atom. The van der Waals surface area contributed by atoms with E-state index in [2.05, 4.69) is 0 Å². The summed E-state index contributed by atoms with van der Waals surface area (Å²) in [5.74, 6) is 0. The topological polar surface area (TPSA) is 78.2 Å². The minimum atomic E-state index is -2.67. The van der Waals surface area contributed by atoms with Crippen LogP contribution >= 0.6 is 0 Å². The summed E-state index contributed by atoms with van der Waals surface area (Å²) in [6.07, 6.45) is 2.32. The molecule has 0 spiro atoms. The summed E-state index contributed by atoms with van der Waals surface area (Å²) < 4.78 is 19.3. The van der Waals surface area contributed by atoms with Crippen LogP contribution in [0, 0.1) is 11.3 Å². The molecule has 0 aromatic heterocycles. The van der Waals surface area contributed by atoms with Gasteiger partial charge in [0.1, 0.15) is 9.84 Å². The third-order valence-electron chi connectivity index (χ3n) is 1.93. The molecule has 0 heterocycles. The highest BCUT2D eigenvalue weighted by atomic mass is 32.2. The molecule has 5 heteroatoms. The Balaban J connectivity index is 0.000000296. The van der Waals surface area contributed by atoms with E-state index < -0.39 is 9.84 Å². The zero-order valence-corrected chi connectivity index (χ0v) is 12.9. The van der Waals surface area contributed by atoms with Gasteiger partial charge >= 0.3 is 0 Å². The summed E-state index contributed by atoms with van der Waals surface area (Å²) in [5, 5.41) is 16.8. The number of nitriles is 1. The maximum absolute atomic E-state index is 9.63. The second-order valence-electron chi connectivity index (χ2n) is 4.26. The monoisotopic (exact) mass is 305 g/mol. The molecule has 0 aliphatic carbocycles. The van der Waals surface area contributed by atoms with Gasteiger partial charge in [-0.3, -0.25) is 0 Å². The molecule has 0 fully saturated rings. The lowest BCUT2D eigenvalue weighted by molar-refractivity contribution is 0.282. The normalized spacial score (nSPS) is 9.24. The van der Waals surface area contributed by atoms with Crippen molar-refractivity contribution in [1.29, 1.82) is 5.26 Å². The average molecular weight is 305 g/mol. The molecule has 0 amide bonds. The minimum Gasteiger partial charge on any atom is -0.392 e. The minimum absolute atomic E-state index is 0.140. The van der Waals surface area contributed by atoms with Crippen LogP contribution in [0.2, 0.25) is 0 Å². The Bertz CT molecular complexity index is 624. The van der Waals surface area contributed by atoms with Gasteiger partial charge in [0.2, 0.25) is 0 Å². The van der Waals surface area contributed by atoms with Crippen LogP contribution in [0.15, 0.2) is 60.7 Å². The van der Waals surface area contributed by atoms with E-state index >= 15 is 0 Å². The van der Waals surface area contributed by atoms with Gasteiger partial charge in [-0.1, -0.05) is 48.5 Å². The quantitative estimate of drug-likeness (QED) is 0.877. The van der Waals surface area contributed by atoms with Crippen LogP contribution in [-0.2, 0) is 16.4 Å². The van der Waals surface area contributed by atoms with E-state index in [1.807, 2.05) is 54.6 Å². The Hall–Kier alpha value is -2.16. The van der Waals surface area contributed by atoms with Crippen molar-refractivity contribution in [1.82, 2.24) is 0 Å². The van der Waals surface area contributed by atoms with E-state index in [1.54, 1.807) is 12.1 Å². The van der Waals surface area contributed by atoms with Crippen LogP contribution in [0.4, 0.5) is 0 Å². The lowest BCUT2D eigenvalue weighted by Gasteiger charge is -1.89. The number of aliphatic hydroxyl groups excluding tert-OH is 1. The summed E-state index contributed by atoms with van der Waals surface area (Å²) in [5.41, 5.74) is 1.68. The summed E-state index contributed by atoms with van der Waals surface area (Å²) in [7, 11) is -2.67. The number of aliphatic hydroxyl groups is 1. The average Bonchev–Trinajstić information content (AvgIpc) is 2.48. The van der Waals surface area contributed by atoms with Gasteiger partial charge in [-0.05, 0) is 17.7 Å². The van der Waals surface area contributed by atoms with Crippen LogP contribution in [-0.4, -0.2) is 26.0 Å². The van der Waals surface area contributed by atoms with Crippen LogP contribution < -0.4 is 0 Å². The van der Waals surface area contributed by atoms with Crippen LogP contribution in [0.3, 0.4) is 0 Å². The number of hydrogen-bond acceptors (Lipinski definition) is 4. The SMILES string of the molecule is CS(C)(=O)=O.N#Cc1ccccc1.OCc1ccccc1. The highest BCUT2D eigenvalue weighted by Gasteiger charge is 1.81.